The Hall–Kier alpha value is -2.91. The van der Waals surface area contributed by atoms with Crippen molar-refractivity contribution in [2.24, 2.45) is 5.73 Å². The lowest BCUT2D eigenvalue weighted by atomic mass is 10.2. The second kappa shape index (κ2) is 21.1. The van der Waals surface area contributed by atoms with Gasteiger partial charge in [-0.1, -0.05) is 0 Å². The maximum absolute atomic E-state index is 13.6. The molecular weight excluding hydrogens is 510 g/mol. The maximum Gasteiger partial charge on any atom is 0.246 e. The molecule has 0 aromatic carbocycles. The molecular formula is C23H42F2N6O7. The number of rotatable bonds is 21. The van der Waals surface area contributed by atoms with E-state index < -0.39 is 30.1 Å². The summed E-state index contributed by atoms with van der Waals surface area (Å²) in [5.41, 5.74) is 5.12. The molecule has 0 spiro atoms. The summed E-state index contributed by atoms with van der Waals surface area (Å²) in [5, 5.41) is 27.6. The van der Waals surface area contributed by atoms with Crippen molar-refractivity contribution in [1.82, 2.24) is 26.1 Å². The number of hydroxylamine groups is 4. The van der Waals surface area contributed by atoms with E-state index in [4.69, 9.17) is 5.73 Å². The molecule has 5 amide bonds. The van der Waals surface area contributed by atoms with Crippen LogP contribution in [-0.2, 0) is 24.0 Å². The highest BCUT2D eigenvalue weighted by Gasteiger charge is 2.16. The number of carbonyl (C=O) groups is 5. The molecule has 0 saturated carbocycles. The summed E-state index contributed by atoms with van der Waals surface area (Å²) in [6.07, 6.45) is -1.94. The second-order valence-corrected chi connectivity index (χ2v) is 8.74. The van der Waals surface area contributed by atoms with Gasteiger partial charge in [-0.3, -0.25) is 34.4 Å². The number of hydrogen-bond acceptors (Lipinski definition) is 8. The van der Waals surface area contributed by atoms with Gasteiger partial charge in [-0.15, -0.1) is 0 Å². The zero-order valence-electron chi connectivity index (χ0n) is 21.9. The molecule has 0 radical (unpaired) electrons. The number of nitrogens with one attached hydrogen (secondary N) is 3. The SMILES string of the molecule is CC(=O)NCCC(F)CNC(=O)CCC(=O)N(O)CCCCCNC(=O)CCC(=O)N(O)CCC(F)CN. The van der Waals surface area contributed by atoms with Crippen LogP contribution >= 0.6 is 0 Å². The van der Waals surface area contributed by atoms with Gasteiger partial charge >= 0.3 is 0 Å². The van der Waals surface area contributed by atoms with Crippen LogP contribution in [0.3, 0.4) is 0 Å². The molecule has 0 aliphatic carbocycles. The summed E-state index contributed by atoms with van der Waals surface area (Å²) >= 11 is 0. The third kappa shape index (κ3) is 19.2. The average molecular weight is 553 g/mol. The number of carbonyl (C=O) groups excluding carboxylic acids is 5. The van der Waals surface area contributed by atoms with Crippen LogP contribution in [0.1, 0.15) is 64.7 Å². The Balaban J connectivity index is 3.84. The Kier molecular flexibility index (Phi) is 19.5. The fourth-order valence-electron chi connectivity index (χ4n) is 3.03. The van der Waals surface area contributed by atoms with Crippen LogP contribution in [0.5, 0.6) is 0 Å². The first-order chi connectivity index (χ1) is 18.0. The number of nitrogens with two attached hydrogens (primary N) is 1. The molecule has 0 heterocycles. The molecule has 2 unspecified atom stereocenters. The van der Waals surface area contributed by atoms with Gasteiger partial charge in [-0.05, 0) is 32.1 Å². The van der Waals surface area contributed by atoms with E-state index in [0.717, 1.165) is 0 Å². The molecule has 0 aliphatic heterocycles. The zero-order chi connectivity index (χ0) is 28.9. The number of alkyl halides is 2. The van der Waals surface area contributed by atoms with Gasteiger partial charge in [0.15, 0.2) is 0 Å². The van der Waals surface area contributed by atoms with Gasteiger partial charge in [-0.2, -0.15) is 0 Å². The number of nitrogens with zero attached hydrogens (tertiary/aromatic N) is 2. The van der Waals surface area contributed by atoms with E-state index in [1.54, 1.807) is 0 Å². The predicted octanol–water partition coefficient (Wildman–Crippen LogP) is -0.0637. The van der Waals surface area contributed by atoms with Crippen LogP contribution in [0.25, 0.3) is 0 Å². The minimum atomic E-state index is -1.34. The van der Waals surface area contributed by atoms with Crippen molar-refractivity contribution in [2.45, 2.75) is 77.1 Å². The fourth-order valence-corrected chi connectivity index (χ4v) is 3.03. The van der Waals surface area contributed by atoms with Gasteiger partial charge in [0.1, 0.15) is 12.3 Å². The van der Waals surface area contributed by atoms with Crippen LogP contribution < -0.4 is 21.7 Å². The van der Waals surface area contributed by atoms with Crippen molar-refractivity contribution < 1.29 is 43.2 Å². The standard InChI is InChI=1S/C23H42F2N6O7/c1-17(32)27-12-9-19(25)16-29-21(34)6-8-22(35)30(37)13-4-2-3-11-28-20(33)5-7-23(36)31(38)14-10-18(24)15-26/h18-19,37-38H,2-16,26H2,1H3,(H,27,32)(H,28,33)(H,29,34). The van der Waals surface area contributed by atoms with Crippen molar-refractivity contribution in [3.63, 3.8) is 0 Å². The molecule has 0 rings (SSSR count). The first-order valence-electron chi connectivity index (χ1n) is 12.7. The van der Waals surface area contributed by atoms with E-state index in [9.17, 15) is 43.2 Å². The molecule has 2 atom stereocenters. The molecule has 13 nitrogen and oxygen atoms in total. The average Bonchev–Trinajstić information content (AvgIpc) is 2.88. The molecule has 0 aliphatic rings. The maximum atomic E-state index is 13.6. The Morgan fingerprint density at radius 2 is 1.32 bits per heavy atom. The molecule has 0 fully saturated rings. The summed E-state index contributed by atoms with van der Waals surface area (Å²) in [5.74, 6) is -2.53. The molecule has 0 aromatic rings. The van der Waals surface area contributed by atoms with E-state index >= 15 is 0 Å². The van der Waals surface area contributed by atoms with Crippen LogP contribution in [0.2, 0.25) is 0 Å². The highest BCUT2D eigenvalue weighted by atomic mass is 19.1. The van der Waals surface area contributed by atoms with Crippen molar-refractivity contribution in [1.29, 1.82) is 0 Å². The third-order valence-corrected chi connectivity index (χ3v) is 5.34. The Morgan fingerprint density at radius 3 is 1.89 bits per heavy atom. The zero-order valence-corrected chi connectivity index (χ0v) is 21.9. The highest BCUT2D eigenvalue weighted by molar-refractivity contribution is 5.83. The quantitative estimate of drug-likeness (QED) is 0.0647. The minimum absolute atomic E-state index is 0.0365. The Bertz CT molecular complexity index is 747. The topological polar surface area (TPSA) is 194 Å². The number of unbranched alkanes of at least 4 members (excludes halogenated alkanes) is 2. The van der Waals surface area contributed by atoms with E-state index in [-0.39, 0.29) is 83.1 Å². The molecule has 0 aromatic heterocycles. The highest BCUT2D eigenvalue weighted by Crippen LogP contribution is 2.03. The molecule has 0 bridgehead atoms. The molecule has 7 N–H and O–H groups in total. The second-order valence-electron chi connectivity index (χ2n) is 8.74. The van der Waals surface area contributed by atoms with Crippen molar-refractivity contribution in [2.75, 3.05) is 39.3 Å². The van der Waals surface area contributed by atoms with E-state index in [2.05, 4.69) is 16.0 Å². The Morgan fingerprint density at radius 1 is 0.737 bits per heavy atom. The Labute approximate surface area is 221 Å². The van der Waals surface area contributed by atoms with Gasteiger partial charge < -0.3 is 21.7 Å². The van der Waals surface area contributed by atoms with E-state index in [0.29, 0.717) is 35.9 Å². The summed E-state index contributed by atoms with van der Waals surface area (Å²) in [4.78, 5) is 57.9. The molecule has 220 valence electrons. The largest absolute Gasteiger partial charge is 0.356 e. The van der Waals surface area contributed by atoms with Crippen LogP contribution in [0.15, 0.2) is 0 Å². The summed E-state index contributed by atoms with van der Waals surface area (Å²) in [7, 11) is 0. The smallest absolute Gasteiger partial charge is 0.246 e. The normalized spacial score (nSPS) is 12.3. The number of hydrogen-bond donors (Lipinski definition) is 6. The van der Waals surface area contributed by atoms with Gasteiger partial charge in [0.2, 0.25) is 29.5 Å². The van der Waals surface area contributed by atoms with Crippen molar-refractivity contribution in [3.05, 3.63) is 0 Å². The first kappa shape index (κ1) is 35.1. The third-order valence-electron chi connectivity index (χ3n) is 5.34. The lowest BCUT2D eigenvalue weighted by molar-refractivity contribution is -0.166. The first-order valence-corrected chi connectivity index (χ1v) is 12.7. The lowest BCUT2D eigenvalue weighted by Crippen LogP contribution is -2.34. The fraction of sp³-hybridized carbons (Fsp3) is 0.783. The molecule has 15 heteroatoms. The van der Waals surface area contributed by atoms with Gasteiger partial charge in [0, 0.05) is 65.3 Å². The monoisotopic (exact) mass is 552 g/mol. The van der Waals surface area contributed by atoms with Gasteiger partial charge in [0.25, 0.3) is 0 Å². The van der Waals surface area contributed by atoms with Crippen LogP contribution in [0, 0.1) is 0 Å². The van der Waals surface area contributed by atoms with Gasteiger partial charge in [-0.25, -0.2) is 18.9 Å². The van der Waals surface area contributed by atoms with Crippen LogP contribution in [0.4, 0.5) is 8.78 Å². The van der Waals surface area contributed by atoms with E-state index in [1.807, 2.05) is 0 Å². The number of amides is 5. The summed E-state index contributed by atoms with van der Waals surface area (Å²) in [6, 6.07) is 0. The lowest BCUT2D eigenvalue weighted by Gasteiger charge is -2.16. The summed E-state index contributed by atoms with van der Waals surface area (Å²) in [6.45, 7) is 1.17. The molecule has 38 heavy (non-hydrogen) atoms. The van der Waals surface area contributed by atoms with E-state index in [1.165, 1.54) is 6.92 Å². The molecule has 0 saturated heterocycles. The predicted molar refractivity (Wildman–Crippen MR) is 132 cm³/mol. The summed E-state index contributed by atoms with van der Waals surface area (Å²) < 4.78 is 26.7. The van der Waals surface area contributed by atoms with Crippen LogP contribution in [-0.4, -0.2) is 102 Å². The van der Waals surface area contributed by atoms with Crippen molar-refractivity contribution >= 4 is 29.5 Å². The van der Waals surface area contributed by atoms with Gasteiger partial charge in [0.05, 0.1) is 6.54 Å². The van der Waals surface area contributed by atoms with Crippen molar-refractivity contribution in [3.8, 4) is 0 Å². The number of halogens is 2. The minimum Gasteiger partial charge on any atom is -0.356 e.